The van der Waals surface area contributed by atoms with Crippen LogP contribution in [-0.2, 0) is 0 Å². The summed E-state index contributed by atoms with van der Waals surface area (Å²) in [6, 6.07) is 8.01. The molecule has 0 aliphatic heterocycles. The molecule has 4 nitrogen and oxygen atoms in total. The molecule has 1 heterocycles. The number of nitrogens with one attached hydrogen (secondary N) is 1. The third kappa shape index (κ3) is 2.94. The summed E-state index contributed by atoms with van der Waals surface area (Å²) in [5.41, 5.74) is 6.72. The Labute approximate surface area is 109 Å². The Bertz CT molecular complexity index is 530. The predicted octanol–water partition coefficient (Wildman–Crippen LogP) is 2.31. The predicted molar refractivity (Wildman–Crippen MR) is 70.0 cm³/mol. The molecule has 0 unspecified atom stereocenters. The molecule has 0 bridgehead atoms. The maximum absolute atomic E-state index is 13.0. The monoisotopic (exact) mass is 266 g/mol. The van der Waals surface area contributed by atoms with Crippen molar-refractivity contribution in [3.05, 3.63) is 41.2 Å². The van der Waals surface area contributed by atoms with Crippen molar-refractivity contribution in [2.75, 3.05) is 18.4 Å². The van der Waals surface area contributed by atoms with Gasteiger partial charge in [0, 0.05) is 18.7 Å². The third-order valence-corrected chi connectivity index (χ3v) is 2.62. The Morgan fingerprint density at radius 3 is 2.67 bits per heavy atom. The molecule has 94 valence electrons. The highest BCUT2D eigenvalue weighted by molar-refractivity contribution is 6.31. The summed E-state index contributed by atoms with van der Waals surface area (Å²) in [6.07, 6.45) is 0. The first-order valence-electron chi connectivity index (χ1n) is 5.44. The normalized spacial score (nSPS) is 10.4. The van der Waals surface area contributed by atoms with E-state index in [1.54, 1.807) is 18.2 Å². The van der Waals surface area contributed by atoms with Crippen molar-refractivity contribution in [3.63, 3.8) is 0 Å². The number of nitrogens with zero attached hydrogens (tertiary/aromatic N) is 2. The van der Waals surface area contributed by atoms with E-state index in [9.17, 15) is 4.39 Å². The van der Waals surface area contributed by atoms with Crippen LogP contribution in [0.1, 0.15) is 0 Å². The summed E-state index contributed by atoms with van der Waals surface area (Å²) >= 11 is 5.71. The van der Waals surface area contributed by atoms with Gasteiger partial charge in [-0.1, -0.05) is 11.6 Å². The van der Waals surface area contributed by atoms with Crippen LogP contribution in [0, 0.1) is 5.82 Å². The Balaban J connectivity index is 2.20. The van der Waals surface area contributed by atoms with Crippen LogP contribution in [0.2, 0.25) is 5.02 Å². The van der Waals surface area contributed by atoms with E-state index in [1.165, 1.54) is 12.1 Å². The minimum absolute atomic E-state index is 0.0691. The molecule has 0 radical (unpaired) electrons. The lowest BCUT2D eigenvalue weighted by atomic mass is 10.1. The van der Waals surface area contributed by atoms with Crippen LogP contribution in [0.3, 0.4) is 0 Å². The zero-order chi connectivity index (χ0) is 13.0. The summed E-state index contributed by atoms with van der Waals surface area (Å²) in [5, 5.41) is 11.1. The molecule has 2 rings (SSSR count). The van der Waals surface area contributed by atoms with Crippen LogP contribution in [0.4, 0.5) is 10.2 Å². The fourth-order valence-electron chi connectivity index (χ4n) is 1.44. The molecule has 0 aliphatic rings. The molecular weight excluding hydrogens is 255 g/mol. The highest BCUT2D eigenvalue weighted by Crippen LogP contribution is 2.23. The van der Waals surface area contributed by atoms with Crippen LogP contribution in [0.5, 0.6) is 0 Å². The van der Waals surface area contributed by atoms with Crippen molar-refractivity contribution >= 4 is 17.4 Å². The van der Waals surface area contributed by atoms with Crippen molar-refractivity contribution in [2.45, 2.75) is 0 Å². The van der Waals surface area contributed by atoms with Gasteiger partial charge in [-0.3, -0.25) is 0 Å². The molecule has 2 aromatic rings. The standard InChI is InChI=1S/C12H12ClFN4/c13-9-7-8(1-2-10(9)14)11-3-4-12(18-17-11)16-6-5-15/h1-4,7H,5-6,15H2,(H,16,18). The number of aromatic nitrogens is 2. The third-order valence-electron chi connectivity index (χ3n) is 2.33. The van der Waals surface area contributed by atoms with Crippen LogP contribution in [0.25, 0.3) is 11.3 Å². The van der Waals surface area contributed by atoms with E-state index < -0.39 is 5.82 Å². The summed E-state index contributed by atoms with van der Waals surface area (Å²) in [5.74, 6) is 0.201. The van der Waals surface area contributed by atoms with Crippen molar-refractivity contribution in [1.82, 2.24) is 10.2 Å². The number of hydrogen-bond donors (Lipinski definition) is 2. The molecule has 0 aliphatic carbocycles. The highest BCUT2D eigenvalue weighted by Gasteiger charge is 2.05. The molecule has 0 amide bonds. The quantitative estimate of drug-likeness (QED) is 0.891. The van der Waals surface area contributed by atoms with Crippen LogP contribution >= 0.6 is 11.6 Å². The van der Waals surface area contributed by atoms with E-state index >= 15 is 0 Å². The Kier molecular flexibility index (Phi) is 4.07. The van der Waals surface area contributed by atoms with E-state index in [0.717, 1.165) is 5.56 Å². The van der Waals surface area contributed by atoms with Crippen LogP contribution in [-0.4, -0.2) is 23.3 Å². The fraction of sp³-hybridized carbons (Fsp3) is 0.167. The molecular formula is C12H12ClFN4. The number of rotatable bonds is 4. The summed E-state index contributed by atoms with van der Waals surface area (Å²) in [7, 11) is 0. The molecule has 0 fully saturated rings. The van der Waals surface area contributed by atoms with Gasteiger partial charge >= 0.3 is 0 Å². The van der Waals surface area contributed by atoms with E-state index in [4.69, 9.17) is 17.3 Å². The van der Waals surface area contributed by atoms with Crippen molar-refractivity contribution in [2.24, 2.45) is 5.73 Å². The first kappa shape index (κ1) is 12.7. The number of nitrogens with two attached hydrogens (primary N) is 1. The fourth-order valence-corrected chi connectivity index (χ4v) is 1.62. The minimum atomic E-state index is -0.449. The van der Waals surface area contributed by atoms with Crippen LogP contribution in [0.15, 0.2) is 30.3 Å². The van der Waals surface area contributed by atoms with E-state index in [1.807, 2.05) is 0 Å². The number of anilines is 1. The molecule has 1 aromatic carbocycles. The molecule has 0 saturated carbocycles. The lowest BCUT2D eigenvalue weighted by molar-refractivity contribution is 0.628. The van der Waals surface area contributed by atoms with Gasteiger partial charge in [-0.2, -0.15) is 0 Å². The average Bonchev–Trinajstić information content (AvgIpc) is 2.40. The molecule has 3 N–H and O–H groups in total. The maximum Gasteiger partial charge on any atom is 0.148 e. The molecule has 18 heavy (non-hydrogen) atoms. The maximum atomic E-state index is 13.0. The zero-order valence-corrected chi connectivity index (χ0v) is 10.3. The van der Waals surface area contributed by atoms with Gasteiger partial charge in [-0.25, -0.2) is 4.39 Å². The molecule has 6 heteroatoms. The van der Waals surface area contributed by atoms with E-state index in [-0.39, 0.29) is 5.02 Å². The van der Waals surface area contributed by atoms with E-state index in [2.05, 4.69) is 15.5 Å². The average molecular weight is 267 g/mol. The minimum Gasteiger partial charge on any atom is -0.367 e. The summed E-state index contributed by atoms with van der Waals surface area (Å²) < 4.78 is 13.0. The number of halogens is 2. The SMILES string of the molecule is NCCNc1ccc(-c2ccc(F)c(Cl)c2)nn1. The largest absolute Gasteiger partial charge is 0.367 e. The van der Waals surface area contributed by atoms with Gasteiger partial charge in [0.2, 0.25) is 0 Å². The number of benzene rings is 1. The van der Waals surface area contributed by atoms with Gasteiger partial charge in [-0.05, 0) is 30.3 Å². The molecule has 0 spiro atoms. The Morgan fingerprint density at radius 2 is 2.06 bits per heavy atom. The van der Waals surface area contributed by atoms with Gasteiger partial charge in [0.25, 0.3) is 0 Å². The Hall–Kier alpha value is -1.72. The van der Waals surface area contributed by atoms with Gasteiger partial charge in [-0.15, -0.1) is 10.2 Å². The van der Waals surface area contributed by atoms with Gasteiger partial charge in [0.05, 0.1) is 10.7 Å². The van der Waals surface area contributed by atoms with Crippen LogP contribution < -0.4 is 11.1 Å². The molecule has 1 aromatic heterocycles. The van der Waals surface area contributed by atoms with Crippen molar-refractivity contribution < 1.29 is 4.39 Å². The highest BCUT2D eigenvalue weighted by atomic mass is 35.5. The zero-order valence-electron chi connectivity index (χ0n) is 9.53. The van der Waals surface area contributed by atoms with Gasteiger partial charge < -0.3 is 11.1 Å². The second-order valence-electron chi connectivity index (χ2n) is 3.65. The topological polar surface area (TPSA) is 63.8 Å². The second-order valence-corrected chi connectivity index (χ2v) is 4.06. The Morgan fingerprint density at radius 1 is 1.22 bits per heavy atom. The molecule has 0 saturated heterocycles. The van der Waals surface area contributed by atoms with Gasteiger partial charge in [0.1, 0.15) is 11.6 Å². The summed E-state index contributed by atoms with van der Waals surface area (Å²) in [6.45, 7) is 1.16. The first-order chi connectivity index (χ1) is 8.70. The number of hydrogen-bond acceptors (Lipinski definition) is 4. The summed E-state index contributed by atoms with van der Waals surface area (Å²) in [4.78, 5) is 0. The van der Waals surface area contributed by atoms with Gasteiger partial charge in [0.15, 0.2) is 0 Å². The molecule has 0 atom stereocenters. The van der Waals surface area contributed by atoms with Crippen molar-refractivity contribution in [1.29, 1.82) is 0 Å². The van der Waals surface area contributed by atoms with Crippen molar-refractivity contribution in [3.8, 4) is 11.3 Å². The smallest absolute Gasteiger partial charge is 0.148 e. The lowest BCUT2D eigenvalue weighted by Crippen LogP contribution is -2.14. The second kappa shape index (κ2) is 5.75. The van der Waals surface area contributed by atoms with E-state index in [0.29, 0.717) is 24.6 Å². The first-order valence-corrected chi connectivity index (χ1v) is 5.81. The lowest BCUT2D eigenvalue weighted by Gasteiger charge is -2.04.